The van der Waals surface area contributed by atoms with E-state index in [0.717, 1.165) is 6.20 Å². The Hall–Kier alpha value is -2.03. The van der Waals surface area contributed by atoms with Gasteiger partial charge in [0.25, 0.3) is 5.56 Å². The highest BCUT2D eigenvalue weighted by atomic mass is 16.2. The molecule has 0 amide bonds. The average molecular weight is 152 g/mol. The fourth-order valence-corrected chi connectivity index (χ4v) is 0.565. The van der Waals surface area contributed by atoms with Gasteiger partial charge < -0.3 is 5.84 Å². The van der Waals surface area contributed by atoms with E-state index < -0.39 is 11.2 Å². The highest BCUT2D eigenvalue weighted by molar-refractivity contribution is 5.21. The van der Waals surface area contributed by atoms with Crippen LogP contribution in [0.3, 0.4) is 0 Å². The van der Waals surface area contributed by atoms with Gasteiger partial charge in [0.1, 0.15) is 11.6 Å². The van der Waals surface area contributed by atoms with Gasteiger partial charge in [-0.25, -0.2) is 9.47 Å². The molecule has 0 fully saturated rings. The third-order valence-electron chi connectivity index (χ3n) is 1.09. The molecule has 6 heteroatoms. The Kier molecular flexibility index (Phi) is 1.48. The summed E-state index contributed by atoms with van der Waals surface area (Å²) in [7, 11) is 0. The predicted octanol–water partition coefficient (Wildman–Crippen LogP) is -1.88. The zero-order valence-corrected chi connectivity index (χ0v) is 5.37. The molecule has 0 atom stereocenters. The minimum atomic E-state index is -0.742. The van der Waals surface area contributed by atoms with Crippen LogP contribution in [0, 0.1) is 11.3 Å². The van der Waals surface area contributed by atoms with Crippen molar-refractivity contribution in [2.75, 3.05) is 5.84 Å². The second-order valence-electron chi connectivity index (χ2n) is 1.82. The molecule has 1 heterocycles. The van der Waals surface area contributed by atoms with Gasteiger partial charge in [-0.2, -0.15) is 5.26 Å². The minimum absolute atomic E-state index is 0.188. The number of nitrogens with zero attached hydrogens (tertiary/aromatic N) is 2. The first kappa shape index (κ1) is 7.08. The fraction of sp³-hybridized carbons (Fsp3) is 0. The summed E-state index contributed by atoms with van der Waals surface area (Å²) in [6.07, 6.45) is 0.973. The number of nitrogens with one attached hydrogen (secondary N) is 1. The summed E-state index contributed by atoms with van der Waals surface area (Å²) in [5.41, 5.74) is -1.65. The van der Waals surface area contributed by atoms with Crippen LogP contribution in [-0.2, 0) is 0 Å². The van der Waals surface area contributed by atoms with E-state index in [1.165, 1.54) is 0 Å². The Morgan fingerprint density at radius 3 is 2.82 bits per heavy atom. The minimum Gasteiger partial charge on any atom is -0.335 e. The standard InChI is InChI=1S/C5H4N4O2/c6-1-3-2-9(7)5(11)8-4(3)10/h2H,7H2,(H,8,10,11). The molecule has 0 unspecified atom stereocenters. The van der Waals surface area contributed by atoms with Crippen molar-refractivity contribution in [2.24, 2.45) is 0 Å². The molecule has 1 rings (SSSR count). The number of aromatic nitrogens is 2. The van der Waals surface area contributed by atoms with Crippen molar-refractivity contribution in [3.05, 3.63) is 32.6 Å². The number of nitriles is 1. The van der Waals surface area contributed by atoms with Crippen LogP contribution in [0.4, 0.5) is 0 Å². The lowest BCUT2D eigenvalue weighted by Crippen LogP contribution is -2.35. The molecule has 0 radical (unpaired) electrons. The molecule has 0 aliphatic heterocycles. The van der Waals surface area contributed by atoms with E-state index in [1.54, 1.807) is 6.07 Å². The van der Waals surface area contributed by atoms with Crippen molar-refractivity contribution < 1.29 is 0 Å². The van der Waals surface area contributed by atoms with Crippen LogP contribution in [-0.4, -0.2) is 9.66 Å². The maximum atomic E-state index is 10.7. The van der Waals surface area contributed by atoms with Gasteiger partial charge in [0, 0.05) is 0 Å². The summed E-state index contributed by atoms with van der Waals surface area (Å²) in [5.74, 6) is 5.05. The molecule has 1 aromatic heterocycles. The summed E-state index contributed by atoms with van der Waals surface area (Å²) in [4.78, 5) is 23.1. The second-order valence-corrected chi connectivity index (χ2v) is 1.82. The van der Waals surface area contributed by atoms with Crippen molar-refractivity contribution in [2.45, 2.75) is 0 Å². The first-order valence-electron chi connectivity index (χ1n) is 2.66. The smallest absolute Gasteiger partial charge is 0.335 e. The van der Waals surface area contributed by atoms with E-state index in [1.807, 2.05) is 4.98 Å². The number of H-pyrrole nitrogens is 1. The van der Waals surface area contributed by atoms with Crippen LogP contribution in [0.1, 0.15) is 5.56 Å². The summed E-state index contributed by atoms with van der Waals surface area (Å²) in [6, 6.07) is 1.58. The Morgan fingerprint density at radius 1 is 1.64 bits per heavy atom. The van der Waals surface area contributed by atoms with E-state index in [-0.39, 0.29) is 5.56 Å². The molecular formula is C5H4N4O2. The van der Waals surface area contributed by atoms with Gasteiger partial charge in [0.05, 0.1) is 6.20 Å². The largest absolute Gasteiger partial charge is 0.346 e. The Labute approximate surface area is 60.5 Å². The van der Waals surface area contributed by atoms with E-state index >= 15 is 0 Å². The molecule has 0 spiro atoms. The lowest BCUT2D eigenvalue weighted by molar-refractivity contribution is 0.851. The normalized spacial score (nSPS) is 9.00. The molecule has 56 valence electrons. The van der Waals surface area contributed by atoms with Gasteiger partial charge in [0.2, 0.25) is 0 Å². The van der Waals surface area contributed by atoms with Crippen LogP contribution in [0.2, 0.25) is 0 Å². The highest BCUT2D eigenvalue weighted by Gasteiger charge is 1.99. The summed E-state index contributed by atoms with van der Waals surface area (Å²) in [5, 5.41) is 8.29. The van der Waals surface area contributed by atoms with Gasteiger partial charge in [-0.15, -0.1) is 0 Å². The molecular weight excluding hydrogens is 148 g/mol. The third-order valence-corrected chi connectivity index (χ3v) is 1.09. The zero-order valence-electron chi connectivity index (χ0n) is 5.37. The van der Waals surface area contributed by atoms with Crippen molar-refractivity contribution in [1.82, 2.24) is 9.66 Å². The van der Waals surface area contributed by atoms with Gasteiger partial charge >= 0.3 is 5.69 Å². The Bertz CT molecular complexity index is 421. The van der Waals surface area contributed by atoms with Crippen molar-refractivity contribution in [3.63, 3.8) is 0 Å². The molecule has 6 nitrogen and oxygen atoms in total. The number of aromatic amines is 1. The third kappa shape index (κ3) is 1.11. The monoisotopic (exact) mass is 152 g/mol. The molecule has 0 bridgehead atoms. The SMILES string of the molecule is N#Cc1cn(N)c(=O)[nH]c1=O. The molecule has 0 aliphatic carbocycles. The predicted molar refractivity (Wildman–Crippen MR) is 36.2 cm³/mol. The van der Waals surface area contributed by atoms with E-state index in [9.17, 15) is 9.59 Å². The van der Waals surface area contributed by atoms with Crippen LogP contribution < -0.4 is 17.1 Å². The van der Waals surface area contributed by atoms with E-state index in [0.29, 0.717) is 4.68 Å². The number of hydrogen-bond donors (Lipinski definition) is 2. The quantitative estimate of drug-likeness (QED) is 0.424. The number of rotatable bonds is 0. The molecule has 0 aliphatic rings. The molecule has 0 saturated carbocycles. The first-order valence-corrected chi connectivity index (χ1v) is 2.66. The number of nitrogen functional groups attached to an aromatic ring is 1. The maximum absolute atomic E-state index is 10.7. The number of nitrogens with two attached hydrogens (primary N) is 1. The lowest BCUT2D eigenvalue weighted by atomic mass is 10.4. The Morgan fingerprint density at radius 2 is 2.27 bits per heavy atom. The van der Waals surface area contributed by atoms with Crippen LogP contribution in [0.5, 0.6) is 0 Å². The zero-order chi connectivity index (χ0) is 8.43. The van der Waals surface area contributed by atoms with Crippen LogP contribution >= 0.6 is 0 Å². The highest BCUT2D eigenvalue weighted by Crippen LogP contribution is 1.77. The molecule has 3 N–H and O–H groups in total. The maximum Gasteiger partial charge on any atom is 0.346 e. The Balaban J connectivity index is 3.61. The fourth-order valence-electron chi connectivity index (χ4n) is 0.565. The summed E-state index contributed by atoms with van der Waals surface area (Å²) in [6.45, 7) is 0. The lowest BCUT2D eigenvalue weighted by Gasteiger charge is -1.93. The molecule has 11 heavy (non-hydrogen) atoms. The van der Waals surface area contributed by atoms with Crippen molar-refractivity contribution in [3.8, 4) is 6.07 Å². The van der Waals surface area contributed by atoms with Gasteiger partial charge in [-0.05, 0) is 0 Å². The first-order chi connectivity index (χ1) is 5.15. The van der Waals surface area contributed by atoms with Gasteiger partial charge in [0.15, 0.2) is 0 Å². The van der Waals surface area contributed by atoms with E-state index in [4.69, 9.17) is 11.1 Å². The molecule has 0 aromatic carbocycles. The van der Waals surface area contributed by atoms with Gasteiger partial charge in [-0.1, -0.05) is 0 Å². The summed E-state index contributed by atoms with van der Waals surface area (Å²) >= 11 is 0. The second kappa shape index (κ2) is 2.30. The van der Waals surface area contributed by atoms with Gasteiger partial charge in [-0.3, -0.25) is 9.78 Å². The van der Waals surface area contributed by atoms with Crippen molar-refractivity contribution >= 4 is 0 Å². The topological polar surface area (TPSA) is 105 Å². The average Bonchev–Trinajstić information content (AvgIpc) is 1.97. The number of hydrogen-bond acceptors (Lipinski definition) is 4. The van der Waals surface area contributed by atoms with Crippen LogP contribution in [0.25, 0.3) is 0 Å². The molecule has 1 aromatic rings. The van der Waals surface area contributed by atoms with Crippen LogP contribution in [0.15, 0.2) is 15.8 Å². The summed E-state index contributed by atoms with van der Waals surface area (Å²) < 4.78 is 0.639. The van der Waals surface area contributed by atoms with Crippen molar-refractivity contribution in [1.29, 1.82) is 5.26 Å². The van der Waals surface area contributed by atoms with E-state index in [2.05, 4.69) is 0 Å². The molecule has 0 saturated heterocycles.